The molecule has 1 unspecified atom stereocenters. The number of nitrogens with one attached hydrogen (secondary N) is 1. The van der Waals surface area contributed by atoms with Crippen LogP contribution in [0.2, 0.25) is 10.0 Å². The fourth-order valence-corrected chi connectivity index (χ4v) is 4.02. The SMILES string of the molecule is CCCCOc1ccccc1/C=N/N=C1\NC(=O)C(Cc2cc(Cl)ccc2Cl)S1. The number of carbonyl (C=O) groups is 1. The second-order valence-corrected chi connectivity index (χ2v) is 8.46. The Bertz CT molecular complexity index is 934. The van der Waals surface area contributed by atoms with Crippen LogP contribution >= 0.6 is 35.0 Å². The Morgan fingerprint density at radius 3 is 2.90 bits per heavy atom. The molecule has 0 bridgehead atoms. The molecule has 3 rings (SSSR count). The molecule has 1 atom stereocenters. The Labute approximate surface area is 184 Å². The Hall–Kier alpha value is -2.02. The van der Waals surface area contributed by atoms with Gasteiger partial charge in [0, 0.05) is 15.6 Å². The van der Waals surface area contributed by atoms with Gasteiger partial charge in [-0.1, -0.05) is 60.4 Å². The lowest BCUT2D eigenvalue weighted by molar-refractivity contribution is -0.118. The van der Waals surface area contributed by atoms with Gasteiger partial charge in [-0.3, -0.25) is 4.79 Å². The third-order valence-corrected chi connectivity index (χ3v) is 5.89. The Morgan fingerprint density at radius 1 is 1.24 bits per heavy atom. The maximum absolute atomic E-state index is 12.3. The van der Waals surface area contributed by atoms with Gasteiger partial charge in [-0.25, -0.2) is 0 Å². The summed E-state index contributed by atoms with van der Waals surface area (Å²) in [5.74, 6) is 0.643. The number of amides is 1. The number of benzene rings is 2. The largest absolute Gasteiger partial charge is 0.493 e. The second kappa shape index (κ2) is 10.7. The molecule has 0 spiro atoms. The van der Waals surface area contributed by atoms with E-state index in [1.165, 1.54) is 11.8 Å². The van der Waals surface area contributed by atoms with E-state index in [2.05, 4.69) is 22.4 Å². The number of carbonyl (C=O) groups excluding carboxylic acids is 1. The Morgan fingerprint density at radius 2 is 2.07 bits per heavy atom. The van der Waals surface area contributed by atoms with E-state index >= 15 is 0 Å². The molecule has 8 heteroatoms. The molecule has 0 aromatic heterocycles. The molecule has 0 saturated carbocycles. The number of hydrogen-bond acceptors (Lipinski definition) is 5. The molecule has 0 radical (unpaired) electrons. The molecule has 2 aromatic carbocycles. The summed E-state index contributed by atoms with van der Waals surface area (Å²) in [6, 6.07) is 12.9. The summed E-state index contributed by atoms with van der Waals surface area (Å²) in [7, 11) is 0. The van der Waals surface area contributed by atoms with Crippen LogP contribution < -0.4 is 10.1 Å². The lowest BCUT2D eigenvalue weighted by atomic mass is 10.1. The van der Waals surface area contributed by atoms with Crippen molar-refractivity contribution < 1.29 is 9.53 Å². The van der Waals surface area contributed by atoms with Crippen molar-refractivity contribution in [3.8, 4) is 5.75 Å². The van der Waals surface area contributed by atoms with Gasteiger partial charge in [0.15, 0.2) is 5.17 Å². The number of rotatable bonds is 8. The van der Waals surface area contributed by atoms with Crippen molar-refractivity contribution >= 4 is 52.3 Å². The molecule has 1 saturated heterocycles. The minimum Gasteiger partial charge on any atom is -0.493 e. The van der Waals surface area contributed by atoms with E-state index in [0.717, 1.165) is 29.7 Å². The number of amidine groups is 1. The molecular weight excluding hydrogens is 429 g/mol. The van der Waals surface area contributed by atoms with Crippen molar-refractivity contribution in [2.45, 2.75) is 31.4 Å². The number of hydrogen-bond donors (Lipinski definition) is 1. The highest BCUT2D eigenvalue weighted by molar-refractivity contribution is 8.15. The van der Waals surface area contributed by atoms with Crippen molar-refractivity contribution in [3.63, 3.8) is 0 Å². The quantitative estimate of drug-likeness (QED) is 0.336. The van der Waals surface area contributed by atoms with Crippen molar-refractivity contribution in [2.75, 3.05) is 6.61 Å². The van der Waals surface area contributed by atoms with Crippen LogP contribution in [0, 0.1) is 0 Å². The predicted octanol–water partition coefficient (Wildman–Crippen LogP) is 5.34. The smallest absolute Gasteiger partial charge is 0.239 e. The monoisotopic (exact) mass is 449 g/mol. The first-order valence-electron chi connectivity index (χ1n) is 9.31. The zero-order valence-electron chi connectivity index (χ0n) is 15.9. The fraction of sp³-hybridized carbons (Fsp3) is 0.286. The minimum absolute atomic E-state index is 0.122. The Kier molecular flexibility index (Phi) is 7.98. The van der Waals surface area contributed by atoms with Crippen LogP contribution in [0.5, 0.6) is 5.75 Å². The van der Waals surface area contributed by atoms with Crippen LogP contribution in [0.4, 0.5) is 0 Å². The van der Waals surface area contributed by atoms with Gasteiger partial charge in [0.1, 0.15) is 5.75 Å². The summed E-state index contributed by atoms with van der Waals surface area (Å²) < 4.78 is 5.78. The van der Waals surface area contributed by atoms with Crippen LogP contribution in [0.3, 0.4) is 0 Å². The first kappa shape index (κ1) is 21.7. The fourth-order valence-electron chi connectivity index (χ4n) is 2.67. The molecule has 1 aliphatic heterocycles. The Balaban J connectivity index is 1.64. The lowest BCUT2D eigenvalue weighted by Crippen LogP contribution is -2.26. The lowest BCUT2D eigenvalue weighted by Gasteiger charge is -2.07. The van der Waals surface area contributed by atoms with E-state index in [1.807, 2.05) is 24.3 Å². The molecular formula is C21H21Cl2N3O2S. The van der Waals surface area contributed by atoms with Crippen molar-refractivity contribution in [2.24, 2.45) is 10.2 Å². The summed E-state index contributed by atoms with van der Waals surface area (Å²) >= 11 is 13.6. The van der Waals surface area contributed by atoms with Gasteiger partial charge >= 0.3 is 0 Å². The topological polar surface area (TPSA) is 63.1 Å². The van der Waals surface area contributed by atoms with Gasteiger partial charge < -0.3 is 10.1 Å². The molecule has 2 aromatic rings. The highest BCUT2D eigenvalue weighted by atomic mass is 35.5. The standard InChI is InChI=1S/C21H21Cl2N3O2S/c1-2-3-10-28-18-7-5-4-6-14(18)13-24-26-21-25-20(27)19(29-21)12-15-11-16(22)8-9-17(15)23/h4-9,11,13,19H,2-3,10,12H2,1H3,(H,25,26,27)/b24-13+. The van der Waals surface area contributed by atoms with E-state index in [9.17, 15) is 4.79 Å². The molecule has 1 fully saturated rings. The second-order valence-electron chi connectivity index (χ2n) is 6.43. The highest BCUT2D eigenvalue weighted by Crippen LogP contribution is 2.28. The summed E-state index contributed by atoms with van der Waals surface area (Å²) in [6.45, 7) is 2.78. The molecule has 0 aliphatic carbocycles. The summed E-state index contributed by atoms with van der Waals surface area (Å²) in [5, 5.41) is 12.3. The molecule has 29 heavy (non-hydrogen) atoms. The van der Waals surface area contributed by atoms with Gasteiger partial charge in [0.2, 0.25) is 5.91 Å². The van der Waals surface area contributed by atoms with E-state index in [1.54, 1.807) is 24.4 Å². The van der Waals surface area contributed by atoms with Crippen molar-refractivity contribution in [1.29, 1.82) is 0 Å². The van der Waals surface area contributed by atoms with Gasteiger partial charge in [-0.2, -0.15) is 5.10 Å². The number of nitrogens with zero attached hydrogens (tertiary/aromatic N) is 2. The van der Waals surface area contributed by atoms with Crippen LogP contribution in [0.1, 0.15) is 30.9 Å². The molecule has 5 nitrogen and oxygen atoms in total. The van der Waals surface area contributed by atoms with Crippen LogP contribution in [-0.2, 0) is 11.2 Å². The van der Waals surface area contributed by atoms with Crippen LogP contribution in [-0.4, -0.2) is 29.1 Å². The summed E-state index contributed by atoms with van der Waals surface area (Å²) in [5.41, 5.74) is 1.67. The maximum Gasteiger partial charge on any atom is 0.239 e. The third-order valence-electron chi connectivity index (χ3n) is 4.21. The molecule has 1 amide bonds. The zero-order chi connectivity index (χ0) is 20.6. The first-order valence-corrected chi connectivity index (χ1v) is 10.9. The maximum atomic E-state index is 12.3. The number of halogens is 2. The van der Waals surface area contributed by atoms with Gasteiger partial charge in [0.25, 0.3) is 0 Å². The van der Waals surface area contributed by atoms with Crippen molar-refractivity contribution in [1.82, 2.24) is 5.32 Å². The van der Waals surface area contributed by atoms with Crippen LogP contribution in [0.25, 0.3) is 0 Å². The van der Waals surface area contributed by atoms with Gasteiger partial charge in [-0.05, 0) is 48.7 Å². The van der Waals surface area contributed by atoms with Crippen molar-refractivity contribution in [3.05, 3.63) is 63.6 Å². The van der Waals surface area contributed by atoms with Crippen LogP contribution in [0.15, 0.2) is 52.7 Å². The average molecular weight is 450 g/mol. The van der Waals surface area contributed by atoms with E-state index in [4.69, 9.17) is 27.9 Å². The number of para-hydroxylation sites is 1. The average Bonchev–Trinajstić information content (AvgIpc) is 3.05. The van der Waals surface area contributed by atoms with E-state index < -0.39 is 0 Å². The van der Waals surface area contributed by atoms with Gasteiger partial charge in [0.05, 0.1) is 18.1 Å². The van der Waals surface area contributed by atoms with E-state index in [-0.39, 0.29) is 11.2 Å². The van der Waals surface area contributed by atoms with Gasteiger partial charge in [-0.15, -0.1) is 5.10 Å². The minimum atomic E-state index is -0.329. The highest BCUT2D eigenvalue weighted by Gasteiger charge is 2.31. The molecule has 1 N–H and O–H groups in total. The summed E-state index contributed by atoms with van der Waals surface area (Å²) in [6.07, 6.45) is 4.16. The third kappa shape index (κ3) is 6.23. The summed E-state index contributed by atoms with van der Waals surface area (Å²) in [4.78, 5) is 12.3. The zero-order valence-corrected chi connectivity index (χ0v) is 18.2. The normalized spacial score (nSPS) is 17.8. The number of ether oxygens (including phenoxy) is 1. The number of unbranched alkanes of at least 4 members (excludes halogenated alkanes) is 1. The molecule has 1 aliphatic rings. The first-order chi connectivity index (χ1) is 14.1. The molecule has 1 heterocycles. The number of thioether (sulfide) groups is 1. The van der Waals surface area contributed by atoms with E-state index in [0.29, 0.717) is 28.2 Å². The molecule has 152 valence electrons. The predicted molar refractivity (Wildman–Crippen MR) is 122 cm³/mol.